The first-order valence-corrected chi connectivity index (χ1v) is 16.5. The van der Waals surface area contributed by atoms with Crippen LogP contribution in [0.2, 0.25) is 0 Å². The molecule has 208 valence electrons. The third-order valence-electron chi connectivity index (χ3n) is 9.59. The normalized spacial score (nSPS) is 17.2. The fourth-order valence-electron chi connectivity index (χ4n) is 7.43. The molecule has 0 amide bonds. The molecule has 2 unspecified atom stereocenters. The molecule has 0 N–H and O–H groups in total. The van der Waals surface area contributed by atoms with Crippen LogP contribution in [-0.4, -0.2) is 0 Å². The van der Waals surface area contributed by atoms with Crippen molar-refractivity contribution in [2.45, 2.75) is 32.1 Å². The van der Waals surface area contributed by atoms with E-state index in [0.29, 0.717) is 11.8 Å². The number of fused-ring (bicyclic) bond motifs is 4. The highest BCUT2D eigenvalue weighted by Gasteiger charge is 2.32. The third-order valence-corrected chi connectivity index (χ3v) is 10.9. The lowest BCUT2D eigenvalue weighted by Crippen LogP contribution is -2.07. The largest absolute Gasteiger partial charge is 0.0651 e. The minimum absolute atomic E-state index is 0.362. The summed E-state index contributed by atoms with van der Waals surface area (Å²) < 4.78 is 2.35. The highest BCUT2D eigenvalue weighted by atomic mass is 79.9. The summed E-state index contributed by atoms with van der Waals surface area (Å²) in [6.45, 7) is 4.62. The molecule has 0 saturated carbocycles. The van der Waals surface area contributed by atoms with Gasteiger partial charge in [-0.15, -0.1) is 0 Å². The molecule has 0 heterocycles. The van der Waals surface area contributed by atoms with Crippen molar-refractivity contribution < 1.29 is 0 Å². The van der Waals surface area contributed by atoms with E-state index in [4.69, 9.17) is 0 Å². The summed E-state index contributed by atoms with van der Waals surface area (Å²) in [5.41, 5.74) is 13.5. The molecule has 6 aromatic carbocycles. The second-order valence-corrected chi connectivity index (χ2v) is 13.8. The van der Waals surface area contributed by atoms with E-state index in [1.54, 1.807) is 0 Å². The molecule has 8 rings (SSSR count). The molecule has 0 radical (unpaired) electrons. The van der Waals surface area contributed by atoms with Crippen LogP contribution in [0, 0.1) is 0 Å². The van der Waals surface area contributed by atoms with E-state index in [1.165, 1.54) is 86.1 Å². The Balaban J connectivity index is 1.21. The van der Waals surface area contributed by atoms with Crippen LogP contribution in [0.1, 0.15) is 54.4 Å². The van der Waals surface area contributed by atoms with Gasteiger partial charge in [0, 0.05) is 20.8 Å². The maximum atomic E-state index is 3.97. The molecule has 2 aliphatic carbocycles. The molecule has 43 heavy (non-hydrogen) atoms. The van der Waals surface area contributed by atoms with Crippen LogP contribution in [-0.2, 0) is 0 Å². The first-order chi connectivity index (χ1) is 21.0. The van der Waals surface area contributed by atoms with Crippen molar-refractivity contribution in [3.8, 4) is 22.3 Å². The Morgan fingerprint density at radius 3 is 1.40 bits per heavy atom. The third kappa shape index (κ3) is 4.46. The number of benzene rings is 6. The van der Waals surface area contributed by atoms with Gasteiger partial charge >= 0.3 is 0 Å². The Hall–Kier alpha value is -3.72. The van der Waals surface area contributed by atoms with Gasteiger partial charge < -0.3 is 0 Å². The Morgan fingerprint density at radius 1 is 0.512 bits per heavy atom. The van der Waals surface area contributed by atoms with Crippen molar-refractivity contribution in [3.63, 3.8) is 0 Å². The lowest BCUT2D eigenvalue weighted by molar-refractivity contribution is 0.642. The number of rotatable bonds is 4. The monoisotopic (exact) mass is 680 g/mol. The minimum atomic E-state index is 0.362. The van der Waals surface area contributed by atoms with Gasteiger partial charge in [0.25, 0.3) is 0 Å². The molecule has 2 heteroatoms. The van der Waals surface area contributed by atoms with Crippen molar-refractivity contribution in [2.24, 2.45) is 0 Å². The van der Waals surface area contributed by atoms with E-state index in [1.807, 2.05) is 0 Å². The Morgan fingerprint density at radius 2 is 0.930 bits per heavy atom. The zero-order chi connectivity index (χ0) is 29.2. The van der Waals surface area contributed by atoms with Crippen molar-refractivity contribution in [1.29, 1.82) is 0 Å². The van der Waals surface area contributed by atoms with Gasteiger partial charge in [-0.2, -0.15) is 0 Å². The molecule has 0 bridgehead atoms. The first kappa shape index (κ1) is 26.9. The predicted molar refractivity (Wildman–Crippen MR) is 192 cm³/mol. The quantitative estimate of drug-likeness (QED) is 0.174. The van der Waals surface area contributed by atoms with Gasteiger partial charge in [0.05, 0.1) is 0 Å². The average Bonchev–Trinajstić information content (AvgIpc) is 3.52. The molecule has 2 atom stereocenters. The topological polar surface area (TPSA) is 0 Å². The van der Waals surface area contributed by atoms with Gasteiger partial charge in [0.15, 0.2) is 0 Å². The van der Waals surface area contributed by atoms with E-state index >= 15 is 0 Å². The maximum Gasteiger partial charge on any atom is 0.0256 e. The van der Waals surface area contributed by atoms with Crippen LogP contribution < -0.4 is 0 Å². The molecular formula is C41H30Br2. The number of halogens is 2. The molecular weight excluding hydrogens is 652 g/mol. The van der Waals surface area contributed by atoms with Crippen molar-refractivity contribution in [1.82, 2.24) is 0 Å². The van der Waals surface area contributed by atoms with Gasteiger partial charge in [-0.3, -0.25) is 0 Å². The van der Waals surface area contributed by atoms with Crippen LogP contribution in [0.5, 0.6) is 0 Å². The highest BCUT2D eigenvalue weighted by molar-refractivity contribution is 9.10. The van der Waals surface area contributed by atoms with E-state index in [9.17, 15) is 0 Å². The zero-order valence-electron chi connectivity index (χ0n) is 24.2. The average molecular weight is 682 g/mol. The van der Waals surface area contributed by atoms with Crippen LogP contribution in [0.25, 0.3) is 56.0 Å². The van der Waals surface area contributed by atoms with Crippen molar-refractivity contribution in [3.05, 3.63) is 152 Å². The fourth-order valence-corrected chi connectivity index (χ4v) is 8.61. The Bertz CT molecular complexity index is 2000. The molecule has 0 saturated heterocycles. The van der Waals surface area contributed by atoms with Crippen molar-refractivity contribution >= 4 is 65.6 Å². The zero-order valence-corrected chi connectivity index (χ0v) is 27.3. The molecule has 6 aromatic rings. The summed E-state index contributed by atoms with van der Waals surface area (Å²) in [5, 5.41) is 5.15. The van der Waals surface area contributed by atoms with Crippen LogP contribution >= 0.6 is 31.9 Å². The summed E-state index contributed by atoms with van der Waals surface area (Å²) in [6.07, 6.45) is 5.85. The van der Waals surface area contributed by atoms with Gasteiger partial charge in [-0.25, -0.2) is 0 Å². The van der Waals surface area contributed by atoms with Gasteiger partial charge in [0.2, 0.25) is 0 Å². The maximum absolute atomic E-state index is 3.97. The van der Waals surface area contributed by atoms with E-state index in [-0.39, 0.29) is 0 Å². The predicted octanol–water partition coefficient (Wildman–Crippen LogP) is 12.9. The molecule has 2 aliphatic rings. The first-order valence-electron chi connectivity index (χ1n) is 15.0. The second kappa shape index (κ2) is 10.5. The molecule has 0 aliphatic heterocycles. The van der Waals surface area contributed by atoms with Gasteiger partial charge in [0.1, 0.15) is 0 Å². The molecule has 0 nitrogen and oxygen atoms in total. The fraction of sp³-hybridized carbons (Fsp3) is 0.122. The molecule has 0 spiro atoms. The summed E-state index contributed by atoms with van der Waals surface area (Å²) in [5.74, 6) is 0.723. The summed E-state index contributed by atoms with van der Waals surface area (Å²) in [6, 6.07) is 40.2. The van der Waals surface area contributed by atoms with Crippen molar-refractivity contribution in [2.75, 3.05) is 0 Å². The van der Waals surface area contributed by atoms with Crippen LogP contribution in [0.3, 0.4) is 0 Å². The highest BCUT2D eigenvalue weighted by Crippen LogP contribution is 2.51. The van der Waals surface area contributed by atoms with Gasteiger partial charge in [-0.05, 0) is 111 Å². The lowest BCUT2D eigenvalue weighted by atomic mass is 9.81. The van der Waals surface area contributed by atoms with E-state index in [2.05, 4.69) is 167 Å². The second-order valence-electron chi connectivity index (χ2n) is 12.1. The number of hydrogen-bond donors (Lipinski definition) is 0. The Labute approximate surface area is 270 Å². The van der Waals surface area contributed by atoms with Gasteiger partial charge in [-0.1, -0.05) is 140 Å². The standard InChI is InChI=1S/C41H30Br2/c1-24-17-38-36(19-28(21-40(38)42)32-15-7-11-26-9-3-5-13-30(26)32)34(24)23-35-25(2)18-39-37(35)20-29(22-41(39)43)33-16-8-12-27-10-4-6-14-31(27)33/h3-22,34-35H,23H2,1-2H3. The molecule has 0 fully saturated rings. The lowest BCUT2D eigenvalue weighted by Gasteiger charge is -2.23. The van der Waals surface area contributed by atoms with Crippen LogP contribution in [0.15, 0.2) is 129 Å². The smallest absolute Gasteiger partial charge is 0.0256 e. The van der Waals surface area contributed by atoms with Crippen LogP contribution in [0.4, 0.5) is 0 Å². The number of hydrogen-bond acceptors (Lipinski definition) is 0. The minimum Gasteiger partial charge on any atom is -0.0651 e. The molecule has 0 aromatic heterocycles. The summed E-state index contributed by atoms with van der Waals surface area (Å²) in [4.78, 5) is 0. The summed E-state index contributed by atoms with van der Waals surface area (Å²) in [7, 11) is 0. The Kier molecular flexibility index (Phi) is 6.54. The number of allylic oxidation sites excluding steroid dienone is 2. The van der Waals surface area contributed by atoms with E-state index < -0.39 is 0 Å². The summed E-state index contributed by atoms with van der Waals surface area (Å²) >= 11 is 7.93. The SMILES string of the molecule is CC1=Cc2c(Br)cc(-c3cccc4ccccc34)cc2C1CC1C(C)=Cc2c(Br)cc(-c3cccc4ccccc34)cc21. The van der Waals surface area contributed by atoms with E-state index in [0.717, 1.165) is 6.42 Å².